The van der Waals surface area contributed by atoms with E-state index in [1.54, 1.807) is 0 Å². The van der Waals surface area contributed by atoms with Gasteiger partial charge in [-0.3, -0.25) is 0 Å². The molecule has 120 valence electrons. The van der Waals surface area contributed by atoms with Crippen molar-refractivity contribution in [3.05, 3.63) is 10.6 Å². The molecule has 0 saturated heterocycles. The zero-order chi connectivity index (χ0) is 15.8. The van der Waals surface area contributed by atoms with E-state index in [4.69, 9.17) is 4.98 Å². The summed E-state index contributed by atoms with van der Waals surface area (Å²) in [6.45, 7) is 14.4. The molecule has 3 nitrogen and oxygen atoms in total. The molecule has 21 heavy (non-hydrogen) atoms. The number of thiazole rings is 1. The van der Waals surface area contributed by atoms with Crippen LogP contribution in [0.1, 0.15) is 65.0 Å². The van der Waals surface area contributed by atoms with Crippen LogP contribution in [0.4, 0.5) is 5.13 Å². The normalized spacial score (nSPS) is 17.3. The van der Waals surface area contributed by atoms with Crippen LogP contribution in [0.3, 0.4) is 0 Å². The molecule has 1 aromatic heterocycles. The van der Waals surface area contributed by atoms with Crippen molar-refractivity contribution >= 4 is 16.5 Å². The maximum atomic E-state index is 5.00. The van der Waals surface area contributed by atoms with Gasteiger partial charge < -0.3 is 10.2 Å². The first-order valence-corrected chi connectivity index (χ1v) is 8.98. The molecule has 0 aliphatic heterocycles. The molecule has 0 radical (unpaired) electrons. The molecule has 1 aliphatic carbocycles. The van der Waals surface area contributed by atoms with Crippen molar-refractivity contribution in [3.8, 4) is 0 Å². The average Bonchev–Trinajstić information content (AvgIpc) is 3.12. The average molecular weight is 310 g/mol. The van der Waals surface area contributed by atoms with Gasteiger partial charge in [0.15, 0.2) is 5.13 Å². The molecule has 2 rings (SSSR count). The Labute approximate surface area is 134 Å². The fourth-order valence-corrected chi connectivity index (χ4v) is 3.83. The molecule has 1 aliphatic rings. The second-order valence-corrected chi connectivity index (χ2v) is 8.80. The van der Waals surface area contributed by atoms with E-state index >= 15 is 0 Å². The summed E-state index contributed by atoms with van der Waals surface area (Å²) >= 11 is 1.86. The van der Waals surface area contributed by atoms with E-state index in [0.29, 0.717) is 12.1 Å². The maximum absolute atomic E-state index is 5.00. The molecular weight excluding hydrogens is 278 g/mol. The summed E-state index contributed by atoms with van der Waals surface area (Å²) in [6.07, 6.45) is 2.76. The van der Waals surface area contributed by atoms with Crippen molar-refractivity contribution in [3.63, 3.8) is 0 Å². The zero-order valence-corrected chi connectivity index (χ0v) is 15.5. The first-order chi connectivity index (χ1) is 9.70. The molecular formula is C17H31N3S. The highest BCUT2D eigenvalue weighted by Gasteiger charge is 2.32. The fourth-order valence-electron chi connectivity index (χ4n) is 2.56. The van der Waals surface area contributed by atoms with E-state index in [2.05, 4.69) is 58.8 Å². The summed E-state index contributed by atoms with van der Waals surface area (Å²) in [5, 5.41) is 4.72. The van der Waals surface area contributed by atoms with Crippen LogP contribution in [0.2, 0.25) is 0 Å². The fraction of sp³-hybridized carbons (Fsp3) is 0.824. The number of aromatic nitrogens is 1. The van der Waals surface area contributed by atoms with Gasteiger partial charge in [0.25, 0.3) is 0 Å². The smallest absolute Gasteiger partial charge is 0.185 e. The van der Waals surface area contributed by atoms with Crippen LogP contribution in [-0.4, -0.2) is 24.1 Å². The lowest BCUT2D eigenvalue weighted by Gasteiger charge is -2.24. The standard InChI is InChI=1S/C17H31N3S/c1-11(2)18-10-14-15(17(4,5)6)19-16(21-14)20(7)12(3)13-8-9-13/h11-13,18H,8-10H2,1-7H3. The van der Waals surface area contributed by atoms with Crippen LogP contribution in [0, 0.1) is 5.92 Å². The van der Waals surface area contributed by atoms with Gasteiger partial charge in [-0.25, -0.2) is 4.98 Å². The van der Waals surface area contributed by atoms with Gasteiger partial charge in [-0.2, -0.15) is 0 Å². The Morgan fingerprint density at radius 2 is 1.90 bits per heavy atom. The molecule has 1 saturated carbocycles. The van der Waals surface area contributed by atoms with Gasteiger partial charge in [0.1, 0.15) is 0 Å². The minimum Gasteiger partial charge on any atom is -0.348 e. The molecule has 4 heteroatoms. The third-order valence-corrected chi connectivity index (χ3v) is 5.43. The van der Waals surface area contributed by atoms with Gasteiger partial charge in [-0.05, 0) is 25.7 Å². The Morgan fingerprint density at radius 1 is 1.29 bits per heavy atom. The van der Waals surface area contributed by atoms with Crippen molar-refractivity contribution in [2.24, 2.45) is 5.92 Å². The first kappa shape index (κ1) is 16.8. The zero-order valence-electron chi connectivity index (χ0n) is 14.7. The van der Waals surface area contributed by atoms with Crippen molar-refractivity contribution in [2.75, 3.05) is 11.9 Å². The number of nitrogens with one attached hydrogen (secondary N) is 1. The number of hydrogen-bond donors (Lipinski definition) is 1. The third-order valence-electron chi connectivity index (χ3n) is 4.28. The number of anilines is 1. The van der Waals surface area contributed by atoms with Crippen molar-refractivity contribution in [1.82, 2.24) is 10.3 Å². The van der Waals surface area contributed by atoms with E-state index in [0.717, 1.165) is 12.5 Å². The van der Waals surface area contributed by atoms with E-state index in [9.17, 15) is 0 Å². The summed E-state index contributed by atoms with van der Waals surface area (Å²) in [6, 6.07) is 1.11. The number of nitrogens with zero attached hydrogens (tertiary/aromatic N) is 2. The van der Waals surface area contributed by atoms with Gasteiger partial charge in [-0.15, -0.1) is 11.3 Å². The largest absolute Gasteiger partial charge is 0.348 e. The molecule has 1 heterocycles. The van der Waals surface area contributed by atoms with Crippen LogP contribution in [0.15, 0.2) is 0 Å². The predicted octanol–water partition coefficient (Wildman–Crippen LogP) is 4.17. The highest BCUT2D eigenvalue weighted by Crippen LogP contribution is 2.39. The van der Waals surface area contributed by atoms with Gasteiger partial charge >= 0.3 is 0 Å². The van der Waals surface area contributed by atoms with Gasteiger partial charge in [0.2, 0.25) is 0 Å². The molecule has 0 aromatic carbocycles. The number of hydrogen-bond acceptors (Lipinski definition) is 4. The summed E-state index contributed by atoms with van der Waals surface area (Å²) in [7, 11) is 2.20. The van der Waals surface area contributed by atoms with E-state index in [1.807, 2.05) is 11.3 Å². The molecule has 1 unspecified atom stereocenters. The number of rotatable bonds is 6. The van der Waals surface area contributed by atoms with Crippen LogP contribution in [-0.2, 0) is 12.0 Å². The van der Waals surface area contributed by atoms with Crippen LogP contribution in [0.5, 0.6) is 0 Å². The SMILES string of the molecule is CC(C)NCc1sc(N(C)C(C)C2CC2)nc1C(C)(C)C. The van der Waals surface area contributed by atoms with Crippen molar-refractivity contribution < 1.29 is 0 Å². The van der Waals surface area contributed by atoms with Gasteiger partial charge in [0.05, 0.1) is 5.69 Å². The molecule has 0 bridgehead atoms. The summed E-state index contributed by atoms with van der Waals surface area (Å²) < 4.78 is 0. The summed E-state index contributed by atoms with van der Waals surface area (Å²) in [5.74, 6) is 0.870. The van der Waals surface area contributed by atoms with E-state index < -0.39 is 0 Å². The van der Waals surface area contributed by atoms with Crippen LogP contribution >= 0.6 is 11.3 Å². The Morgan fingerprint density at radius 3 is 2.38 bits per heavy atom. The minimum absolute atomic E-state index is 0.104. The second kappa shape index (κ2) is 6.25. The Balaban J connectivity index is 2.22. The van der Waals surface area contributed by atoms with Gasteiger partial charge in [-0.1, -0.05) is 34.6 Å². The lowest BCUT2D eigenvalue weighted by atomic mass is 9.91. The summed E-state index contributed by atoms with van der Waals surface area (Å²) in [5.41, 5.74) is 1.36. The van der Waals surface area contributed by atoms with Gasteiger partial charge in [0, 0.05) is 36.0 Å². The molecule has 0 amide bonds. The second-order valence-electron chi connectivity index (χ2n) is 7.74. The minimum atomic E-state index is 0.104. The van der Waals surface area contributed by atoms with Crippen LogP contribution < -0.4 is 10.2 Å². The molecule has 1 aromatic rings. The highest BCUT2D eigenvalue weighted by atomic mass is 32.1. The molecule has 1 fully saturated rings. The van der Waals surface area contributed by atoms with Crippen molar-refractivity contribution in [1.29, 1.82) is 0 Å². The molecule has 1 atom stereocenters. The predicted molar refractivity (Wildman–Crippen MR) is 93.4 cm³/mol. The van der Waals surface area contributed by atoms with Crippen LogP contribution in [0.25, 0.3) is 0 Å². The quantitative estimate of drug-likeness (QED) is 0.854. The highest BCUT2D eigenvalue weighted by molar-refractivity contribution is 7.15. The van der Waals surface area contributed by atoms with E-state index in [1.165, 1.54) is 28.5 Å². The Kier molecular flexibility index (Phi) is 4.99. The Hall–Kier alpha value is -0.610. The Bertz CT molecular complexity index is 469. The topological polar surface area (TPSA) is 28.2 Å². The summed E-state index contributed by atoms with van der Waals surface area (Å²) in [4.78, 5) is 8.77. The van der Waals surface area contributed by atoms with Crippen molar-refractivity contribution in [2.45, 2.75) is 78.4 Å². The molecule has 1 N–H and O–H groups in total. The maximum Gasteiger partial charge on any atom is 0.185 e. The van der Waals surface area contributed by atoms with E-state index in [-0.39, 0.29) is 5.41 Å². The lowest BCUT2D eigenvalue weighted by molar-refractivity contribution is 0.544. The monoisotopic (exact) mass is 309 g/mol. The third kappa shape index (κ3) is 4.19. The molecule has 0 spiro atoms. The lowest BCUT2D eigenvalue weighted by Crippen LogP contribution is -2.30. The first-order valence-electron chi connectivity index (χ1n) is 8.16.